The summed E-state index contributed by atoms with van der Waals surface area (Å²) >= 11 is 3.38. The van der Waals surface area contributed by atoms with E-state index < -0.39 is 10.8 Å². The normalized spacial score (nSPS) is 12.3. The fourth-order valence-corrected chi connectivity index (χ4v) is 2.38. The molecular formula is C13H18BrNO3S. The van der Waals surface area contributed by atoms with Crippen molar-refractivity contribution in [1.82, 2.24) is 0 Å². The first-order chi connectivity index (χ1) is 8.86. The predicted octanol–water partition coefficient (Wildman–Crippen LogP) is 2.94. The lowest BCUT2D eigenvalue weighted by atomic mass is 10.3. The average molecular weight is 348 g/mol. The highest BCUT2D eigenvalue weighted by atomic mass is 79.9. The van der Waals surface area contributed by atoms with Crippen molar-refractivity contribution < 1.29 is 13.7 Å². The van der Waals surface area contributed by atoms with Gasteiger partial charge in [0.05, 0.1) is 6.10 Å². The van der Waals surface area contributed by atoms with Crippen LogP contribution in [0.5, 0.6) is 5.75 Å². The van der Waals surface area contributed by atoms with Crippen LogP contribution in [0, 0.1) is 0 Å². The van der Waals surface area contributed by atoms with Gasteiger partial charge in [-0.25, -0.2) is 0 Å². The van der Waals surface area contributed by atoms with Crippen LogP contribution < -0.4 is 10.1 Å². The molecule has 19 heavy (non-hydrogen) atoms. The molecule has 0 aliphatic rings. The first-order valence-corrected chi connectivity index (χ1v) is 8.46. The van der Waals surface area contributed by atoms with Crippen LogP contribution in [0.3, 0.4) is 0 Å². The Morgan fingerprint density at radius 1 is 1.42 bits per heavy atom. The summed E-state index contributed by atoms with van der Waals surface area (Å²) in [6.45, 7) is 3.88. The van der Waals surface area contributed by atoms with Gasteiger partial charge in [0.2, 0.25) is 5.91 Å². The molecule has 0 radical (unpaired) electrons. The van der Waals surface area contributed by atoms with Crippen molar-refractivity contribution in [1.29, 1.82) is 0 Å². The molecule has 1 aromatic carbocycles. The van der Waals surface area contributed by atoms with Crippen LogP contribution in [0.25, 0.3) is 0 Å². The predicted molar refractivity (Wildman–Crippen MR) is 82.1 cm³/mol. The first kappa shape index (κ1) is 16.2. The fourth-order valence-electron chi connectivity index (χ4n) is 1.44. The second-order valence-electron chi connectivity index (χ2n) is 4.42. The van der Waals surface area contributed by atoms with Gasteiger partial charge in [-0.05, 0) is 26.0 Å². The van der Waals surface area contributed by atoms with E-state index in [1.807, 2.05) is 19.9 Å². The highest BCUT2D eigenvalue weighted by Crippen LogP contribution is 2.25. The highest BCUT2D eigenvalue weighted by molar-refractivity contribution is 9.10. The standard InChI is InChI=1S/C13H18BrNO3S/c1-9(2)18-12-7-10(14)6-11(8-12)15-13(16)4-5-19(3)17/h6-9H,4-5H2,1-3H3,(H,15,16)/t19-/m0/s1. The van der Waals surface area contributed by atoms with Crippen molar-refractivity contribution in [2.45, 2.75) is 26.4 Å². The zero-order chi connectivity index (χ0) is 14.4. The minimum atomic E-state index is -0.956. The van der Waals surface area contributed by atoms with E-state index in [0.717, 1.165) is 4.47 Å². The van der Waals surface area contributed by atoms with E-state index in [1.165, 1.54) is 0 Å². The molecule has 0 aromatic heterocycles. The van der Waals surface area contributed by atoms with Gasteiger partial charge in [-0.3, -0.25) is 9.00 Å². The van der Waals surface area contributed by atoms with Crippen molar-refractivity contribution >= 4 is 38.3 Å². The van der Waals surface area contributed by atoms with Crippen molar-refractivity contribution in [3.8, 4) is 5.75 Å². The number of anilines is 1. The van der Waals surface area contributed by atoms with E-state index in [0.29, 0.717) is 17.2 Å². The Hall–Kier alpha value is -0.880. The van der Waals surface area contributed by atoms with E-state index in [9.17, 15) is 9.00 Å². The van der Waals surface area contributed by atoms with Gasteiger partial charge in [0.25, 0.3) is 0 Å². The summed E-state index contributed by atoms with van der Waals surface area (Å²) in [5, 5.41) is 2.77. The molecule has 6 heteroatoms. The Balaban J connectivity index is 2.69. The Kier molecular flexibility index (Phi) is 6.51. The average Bonchev–Trinajstić information content (AvgIpc) is 2.24. The van der Waals surface area contributed by atoms with Crippen LogP contribution in [0.4, 0.5) is 5.69 Å². The van der Waals surface area contributed by atoms with Crippen LogP contribution >= 0.6 is 15.9 Å². The molecule has 0 saturated heterocycles. The quantitative estimate of drug-likeness (QED) is 0.860. The Morgan fingerprint density at radius 2 is 2.11 bits per heavy atom. The summed E-state index contributed by atoms with van der Waals surface area (Å²) in [5.74, 6) is 0.914. The zero-order valence-corrected chi connectivity index (χ0v) is 13.6. The fraction of sp³-hybridized carbons (Fsp3) is 0.462. The molecule has 1 amide bonds. The van der Waals surface area contributed by atoms with E-state index >= 15 is 0 Å². The smallest absolute Gasteiger partial charge is 0.225 e. The van der Waals surface area contributed by atoms with E-state index in [1.54, 1.807) is 18.4 Å². The number of ether oxygens (including phenoxy) is 1. The van der Waals surface area contributed by atoms with Crippen molar-refractivity contribution in [3.05, 3.63) is 22.7 Å². The van der Waals surface area contributed by atoms with Gasteiger partial charge >= 0.3 is 0 Å². The number of carbonyl (C=O) groups excluding carboxylic acids is 1. The molecule has 1 aromatic rings. The summed E-state index contributed by atoms with van der Waals surface area (Å²) in [7, 11) is -0.956. The molecule has 1 atom stereocenters. The van der Waals surface area contributed by atoms with Crippen molar-refractivity contribution in [3.63, 3.8) is 0 Å². The largest absolute Gasteiger partial charge is 0.491 e. The molecule has 0 aliphatic heterocycles. The zero-order valence-electron chi connectivity index (χ0n) is 11.2. The maximum absolute atomic E-state index is 11.7. The number of hydrogen-bond donors (Lipinski definition) is 1. The second-order valence-corrected chi connectivity index (χ2v) is 6.89. The summed E-state index contributed by atoms with van der Waals surface area (Å²) < 4.78 is 17.4. The lowest BCUT2D eigenvalue weighted by Crippen LogP contribution is -2.14. The van der Waals surface area contributed by atoms with Gasteiger partial charge in [0.15, 0.2) is 0 Å². The Labute approximate surface area is 124 Å². The van der Waals surface area contributed by atoms with Gasteiger partial charge in [-0.1, -0.05) is 15.9 Å². The lowest BCUT2D eigenvalue weighted by Gasteiger charge is -2.12. The maximum atomic E-state index is 11.7. The molecule has 0 unspecified atom stereocenters. The van der Waals surface area contributed by atoms with Crippen LogP contribution in [0.15, 0.2) is 22.7 Å². The lowest BCUT2D eigenvalue weighted by molar-refractivity contribution is -0.115. The van der Waals surface area contributed by atoms with E-state index in [4.69, 9.17) is 4.74 Å². The summed E-state index contributed by atoms with van der Waals surface area (Å²) in [4.78, 5) is 11.7. The molecule has 0 bridgehead atoms. The van der Waals surface area contributed by atoms with Crippen LogP contribution in [-0.2, 0) is 15.6 Å². The third kappa shape index (κ3) is 6.73. The van der Waals surface area contributed by atoms with Crippen molar-refractivity contribution in [2.24, 2.45) is 0 Å². The topological polar surface area (TPSA) is 55.4 Å². The van der Waals surface area contributed by atoms with E-state index in [-0.39, 0.29) is 18.4 Å². The Morgan fingerprint density at radius 3 is 2.68 bits per heavy atom. The summed E-state index contributed by atoms with van der Waals surface area (Å²) in [5.41, 5.74) is 0.664. The number of benzene rings is 1. The first-order valence-electron chi connectivity index (χ1n) is 5.94. The molecule has 0 fully saturated rings. The van der Waals surface area contributed by atoms with Crippen LogP contribution in [-0.4, -0.2) is 28.2 Å². The highest BCUT2D eigenvalue weighted by Gasteiger charge is 2.07. The molecule has 0 saturated carbocycles. The number of nitrogens with one attached hydrogen (secondary N) is 1. The molecule has 1 rings (SSSR count). The molecule has 4 nitrogen and oxygen atoms in total. The summed E-state index contributed by atoms with van der Waals surface area (Å²) in [6, 6.07) is 5.41. The SMILES string of the molecule is CC(C)Oc1cc(Br)cc(NC(=O)CC[S@](C)=O)c1. The second kappa shape index (κ2) is 7.65. The van der Waals surface area contributed by atoms with E-state index in [2.05, 4.69) is 21.2 Å². The molecule has 0 spiro atoms. The molecule has 0 heterocycles. The van der Waals surface area contributed by atoms with Gasteiger partial charge in [-0.2, -0.15) is 0 Å². The van der Waals surface area contributed by atoms with Crippen LogP contribution in [0.2, 0.25) is 0 Å². The number of hydrogen-bond acceptors (Lipinski definition) is 3. The van der Waals surface area contributed by atoms with Crippen molar-refractivity contribution in [2.75, 3.05) is 17.3 Å². The van der Waals surface area contributed by atoms with Gasteiger partial charge in [0.1, 0.15) is 5.75 Å². The maximum Gasteiger partial charge on any atom is 0.225 e. The third-order valence-corrected chi connectivity index (χ3v) is 3.38. The number of rotatable bonds is 6. The number of carbonyl (C=O) groups is 1. The van der Waals surface area contributed by atoms with Crippen LogP contribution in [0.1, 0.15) is 20.3 Å². The van der Waals surface area contributed by atoms with Gasteiger partial charge in [-0.15, -0.1) is 0 Å². The monoisotopic (exact) mass is 347 g/mol. The minimum absolute atomic E-state index is 0.0698. The third-order valence-electron chi connectivity index (χ3n) is 2.14. The van der Waals surface area contributed by atoms with Gasteiger partial charge in [0, 0.05) is 45.5 Å². The summed E-state index contributed by atoms with van der Waals surface area (Å²) in [6.07, 6.45) is 1.90. The molecular weight excluding hydrogens is 330 g/mol. The number of amides is 1. The van der Waals surface area contributed by atoms with Gasteiger partial charge < -0.3 is 10.1 Å². The number of halogens is 1. The molecule has 1 N–H and O–H groups in total. The Bertz CT molecular complexity index is 477. The molecule has 0 aliphatic carbocycles. The molecule has 106 valence electrons. The minimum Gasteiger partial charge on any atom is -0.491 e.